The van der Waals surface area contributed by atoms with E-state index >= 15 is 0 Å². The monoisotopic (exact) mass is 467 g/mol. The zero-order chi connectivity index (χ0) is 22.9. The SMILES string of the molecule is CC(C)(C)c1ccc(C2=C(NC(=O)Nc3ccc(Cl)c(Cl)c3)CCCn3cccc32)cc1. The molecule has 0 saturated carbocycles. The lowest BCUT2D eigenvalue weighted by atomic mass is 9.86. The lowest BCUT2D eigenvalue weighted by molar-refractivity contribution is 0.254. The molecule has 32 heavy (non-hydrogen) atoms. The molecule has 1 aromatic heterocycles. The van der Waals surface area contributed by atoms with Gasteiger partial charge in [0.25, 0.3) is 0 Å². The summed E-state index contributed by atoms with van der Waals surface area (Å²) in [7, 11) is 0. The summed E-state index contributed by atoms with van der Waals surface area (Å²) in [4.78, 5) is 12.9. The Bertz CT molecular complexity index is 1170. The minimum absolute atomic E-state index is 0.0808. The highest BCUT2D eigenvalue weighted by Gasteiger charge is 2.21. The lowest BCUT2D eigenvalue weighted by Crippen LogP contribution is -2.29. The van der Waals surface area contributed by atoms with E-state index in [4.69, 9.17) is 23.2 Å². The van der Waals surface area contributed by atoms with Crippen LogP contribution in [-0.4, -0.2) is 10.6 Å². The molecular formula is C26H27Cl2N3O. The van der Waals surface area contributed by atoms with E-state index in [1.165, 1.54) is 5.56 Å². The van der Waals surface area contributed by atoms with Crippen LogP contribution in [0.25, 0.3) is 5.57 Å². The molecule has 1 aliphatic rings. The Morgan fingerprint density at radius 2 is 1.72 bits per heavy atom. The summed E-state index contributed by atoms with van der Waals surface area (Å²) in [5, 5.41) is 6.82. The van der Waals surface area contributed by atoms with Crippen LogP contribution in [0.3, 0.4) is 0 Å². The average molecular weight is 468 g/mol. The molecule has 166 valence electrons. The maximum atomic E-state index is 12.9. The average Bonchev–Trinajstić information content (AvgIpc) is 3.12. The molecule has 2 amide bonds. The Labute approximate surface area is 199 Å². The summed E-state index contributed by atoms with van der Waals surface area (Å²) in [6.07, 6.45) is 3.80. The van der Waals surface area contributed by atoms with Crippen molar-refractivity contribution in [3.8, 4) is 0 Å². The highest BCUT2D eigenvalue weighted by Crippen LogP contribution is 2.33. The summed E-state index contributed by atoms with van der Waals surface area (Å²) >= 11 is 12.1. The number of halogens is 2. The van der Waals surface area contributed by atoms with Crippen LogP contribution in [0.15, 0.2) is 66.5 Å². The summed E-state index contributed by atoms with van der Waals surface area (Å²) < 4.78 is 2.25. The molecule has 1 aliphatic heterocycles. The van der Waals surface area contributed by atoms with Crippen molar-refractivity contribution in [1.82, 2.24) is 9.88 Å². The van der Waals surface area contributed by atoms with Crippen molar-refractivity contribution >= 4 is 40.5 Å². The highest BCUT2D eigenvalue weighted by molar-refractivity contribution is 6.42. The van der Waals surface area contributed by atoms with E-state index in [1.807, 2.05) is 0 Å². The Kier molecular flexibility index (Phi) is 6.36. The van der Waals surface area contributed by atoms with Gasteiger partial charge < -0.3 is 15.2 Å². The van der Waals surface area contributed by atoms with Crippen LogP contribution in [0.5, 0.6) is 0 Å². The lowest BCUT2D eigenvalue weighted by Gasteiger charge is -2.20. The zero-order valence-corrected chi connectivity index (χ0v) is 20.0. The van der Waals surface area contributed by atoms with Crippen molar-refractivity contribution in [1.29, 1.82) is 0 Å². The van der Waals surface area contributed by atoms with Gasteiger partial charge in [0.05, 0.1) is 15.7 Å². The molecule has 0 aliphatic carbocycles. The van der Waals surface area contributed by atoms with E-state index in [0.717, 1.165) is 41.9 Å². The van der Waals surface area contributed by atoms with Gasteiger partial charge in [-0.1, -0.05) is 68.2 Å². The Morgan fingerprint density at radius 1 is 0.969 bits per heavy atom. The number of amides is 2. The third-order valence-corrected chi connectivity index (χ3v) is 6.43. The molecule has 3 aromatic rings. The number of fused-ring (bicyclic) bond motifs is 1. The van der Waals surface area contributed by atoms with Crippen molar-refractivity contribution in [2.45, 2.75) is 45.6 Å². The van der Waals surface area contributed by atoms with E-state index < -0.39 is 0 Å². The van der Waals surface area contributed by atoms with E-state index in [-0.39, 0.29) is 11.4 Å². The van der Waals surface area contributed by atoms with E-state index in [9.17, 15) is 4.79 Å². The normalized spacial score (nSPS) is 14.0. The number of rotatable bonds is 3. The summed E-state index contributed by atoms with van der Waals surface area (Å²) in [5.41, 5.74) is 6.10. The van der Waals surface area contributed by atoms with Crippen molar-refractivity contribution in [3.05, 3.63) is 93.4 Å². The molecule has 2 aromatic carbocycles. The smallest absolute Gasteiger partial charge is 0.323 e. The van der Waals surface area contributed by atoms with E-state index in [0.29, 0.717) is 15.7 Å². The number of aromatic nitrogens is 1. The van der Waals surface area contributed by atoms with Gasteiger partial charge in [0.1, 0.15) is 0 Å². The molecule has 6 heteroatoms. The fraction of sp³-hybridized carbons (Fsp3) is 0.269. The Hall–Kier alpha value is -2.69. The van der Waals surface area contributed by atoms with Crippen LogP contribution >= 0.6 is 23.2 Å². The van der Waals surface area contributed by atoms with Gasteiger partial charge in [0.2, 0.25) is 0 Å². The number of nitrogens with zero attached hydrogens (tertiary/aromatic N) is 1. The molecule has 0 bridgehead atoms. The second-order valence-electron chi connectivity index (χ2n) is 9.08. The Morgan fingerprint density at radius 3 is 2.41 bits per heavy atom. The van der Waals surface area contributed by atoms with Gasteiger partial charge in [-0.05, 0) is 59.7 Å². The number of anilines is 1. The fourth-order valence-electron chi connectivity index (χ4n) is 4.00. The van der Waals surface area contributed by atoms with Gasteiger partial charge in [-0.15, -0.1) is 0 Å². The van der Waals surface area contributed by atoms with Crippen molar-refractivity contribution in [3.63, 3.8) is 0 Å². The number of benzene rings is 2. The number of urea groups is 1. The van der Waals surface area contributed by atoms with E-state index in [1.54, 1.807) is 18.2 Å². The first kappa shape index (κ1) is 22.5. The summed E-state index contributed by atoms with van der Waals surface area (Å²) in [5.74, 6) is 0. The van der Waals surface area contributed by atoms with Crippen molar-refractivity contribution < 1.29 is 4.79 Å². The third-order valence-electron chi connectivity index (χ3n) is 5.69. The largest absolute Gasteiger partial charge is 0.347 e. The van der Waals surface area contributed by atoms with Crippen LogP contribution in [0, 0.1) is 0 Å². The minimum Gasteiger partial charge on any atom is -0.347 e. The molecule has 2 N–H and O–H groups in total. The van der Waals surface area contributed by atoms with Crippen LogP contribution in [-0.2, 0) is 12.0 Å². The van der Waals surface area contributed by atoms with Gasteiger partial charge in [-0.25, -0.2) is 4.79 Å². The summed E-state index contributed by atoms with van der Waals surface area (Å²) in [6, 6.07) is 17.5. The molecule has 2 heterocycles. The molecule has 4 rings (SSSR count). The maximum absolute atomic E-state index is 12.9. The van der Waals surface area contributed by atoms with Crippen molar-refractivity contribution in [2.24, 2.45) is 0 Å². The van der Waals surface area contributed by atoms with Crippen LogP contribution < -0.4 is 10.6 Å². The van der Waals surface area contributed by atoms with Gasteiger partial charge in [0.15, 0.2) is 0 Å². The van der Waals surface area contributed by atoms with E-state index in [2.05, 4.69) is 78.6 Å². The maximum Gasteiger partial charge on any atom is 0.323 e. The standard InChI is InChI=1S/C26H27Cl2N3O/c1-26(2,3)18-10-8-17(9-11-18)24-22(6-4-14-31-15-5-7-23(24)31)30-25(32)29-19-12-13-20(27)21(28)16-19/h5,7-13,15-16H,4,6,14H2,1-3H3,(H2,29,30,32). The van der Waals surface area contributed by atoms with Crippen LogP contribution in [0.1, 0.15) is 50.4 Å². The van der Waals surface area contributed by atoms with Crippen molar-refractivity contribution in [2.75, 3.05) is 5.32 Å². The molecule has 0 radical (unpaired) electrons. The fourth-order valence-corrected chi connectivity index (χ4v) is 4.30. The molecule has 4 nitrogen and oxygen atoms in total. The predicted octanol–water partition coefficient (Wildman–Crippen LogP) is 7.47. The molecule has 0 unspecified atom stereocenters. The summed E-state index contributed by atoms with van der Waals surface area (Å²) in [6.45, 7) is 7.53. The number of carbonyl (C=O) groups excluding carboxylic acids is 1. The first-order valence-electron chi connectivity index (χ1n) is 10.7. The molecule has 0 fully saturated rings. The zero-order valence-electron chi connectivity index (χ0n) is 18.5. The number of carbonyl (C=O) groups is 1. The topological polar surface area (TPSA) is 46.1 Å². The molecular weight excluding hydrogens is 441 g/mol. The quantitative estimate of drug-likeness (QED) is 0.412. The molecule has 0 atom stereocenters. The number of hydrogen-bond donors (Lipinski definition) is 2. The number of nitrogens with one attached hydrogen (secondary N) is 2. The van der Waals surface area contributed by atoms with Gasteiger partial charge >= 0.3 is 6.03 Å². The van der Waals surface area contributed by atoms with Crippen LogP contribution in [0.2, 0.25) is 10.0 Å². The third kappa shape index (κ3) is 4.87. The van der Waals surface area contributed by atoms with Gasteiger partial charge in [-0.3, -0.25) is 0 Å². The predicted molar refractivity (Wildman–Crippen MR) is 133 cm³/mol. The Balaban J connectivity index is 1.69. The van der Waals surface area contributed by atoms with Gasteiger partial charge in [-0.2, -0.15) is 0 Å². The number of aryl methyl sites for hydroxylation is 1. The molecule has 0 saturated heterocycles. The highest BCUT2D eigenvalue weighted by atomic mass is 35.5. The second kappa shape index (κ2) is 9.05. The number of hydrogen-bond acceptors (Lipinski definition) is 1. The van der Waals surface area contributed by atoms with Gasteiger partial charge in [0, 0.05) is 29.7 Å². The number of allylic oxidation sites excluding steroid dienone is 1. The first-order chi connectivity index (χ1) is 15.2. The molecule has 0 spiro atoms. The second-order valence-corrected chi connectivity index (χ2v) is 9.89. The first-order valence-corrected chi connectivity index (χ1v) is 11.5. The minimum atomic E-state index is -0.304. The van der Waals surface area contributed by atoms with Crippen LogP contribution in [0.4, 0.5) is 10.5 Å².